The third-order valence-electron chi connectivity index (χ3n) is 4.56. The summed E-state index contributed by atoms with van der Waals surface area (Å²) in [6, 6.07) is 6.46. The highest BCUT2D eigenvalue weighted by Gasteiger charge is 2.31. The molecule has 1 aliphatic rings. The highest BCUT2D eigenvalue weighted by atomic mass is 16.5. The summed E-state index contributed by atoms with van der Waals surface area (Å²) in [4.78, 5) is 11.4. The molecular weight excluding hydrogens is 262 g/mol. The third kappa shape index (κ3) is 3.78. The van der Waals surface area contributed by atoms with E-state index in [9.17, 15) is 4.79 Å². The molecule has 0 heterocycles. The van der Waals surface area contributed by atoms with E-state index in [0.717, 1.165) is 18.7 Å². The Bertz CT molecular complexity index is 484. The van der Waals surface area contributed by atoms with Crippen LogP contribution in [0.4, 0.5) is 0 Å². The molecule has 2 rings (SSSR count). The van der Waals surface area contributed by atoms with Crippen molar-refractivity contribution >= 4 is 5.91 Å². The van der Waals surface area contributed by atoms with E-state index in [2.05, 4.69) is 30.4 Å². The molecule has 1 aromatic carbocycles. The number of hydrogen-bond donors (Lipinski definition) is 1. The molecule has 1 aromatic rings. The van der Waals surface area contributed by atoms with Crippen LogP contribution in [0.25, 0.3) is 0 Å². The van der Waals surface area contributed by atoms with Crippen molar-refractivity contribution < 1.29 is 9.53 Å². The van der Waals surface area contributed by atoms with E-state index in [4.69, 9.17) is 4.74 Å². The van der Waals surface area contributed by atoms with E-state index in [1.807, 2.05) is 6.92 Å². The molecule has 116 valence electrons. The van der Waals surface area contributed by atoms with Crippen LogP contribution in [0, 0.1) is 5.92 Å². The minimum Gasteiger partial charge on any atom is -0.497 e. The van der Waals surface area contributed by atoms with Crippen LogP contribution >= 0.6 is 0 Å². The molecule has 1 aliphatic carbocycles. The molecule has 0 spiro atoms. The van der Waals surface area contributed by atoms with Crippen LogP contribution in [0.3, 0.4) is 0 Å². The molecule has 1 N–H and O–H groups in total. The van der Waals surface area contributed by atoms with Gasteiger partial charge >= 0.3 is 0 Å². The summed E-state index contributed by atoms with van der Waals surface area (Å²) in [7, 11) is 1.72. The molecule has 2 atom stereocenters. The summed E-state index contributed by atoms with van der Waals surface area (Å²) in [5.41, 5.74) is 2.89. The van der Waals surface area contributed by atoms with Crippen molar-refractivity contribution in [1.29, 1.82) is 0 Å². The van der Waals surface area contributed by atoms with Crippen LogP contribution in [0.1, 0.15) is 56.6 Å². The molecule has 2 unspecified atom stereocenters. The largest absolute Gasteiger partial charge is 0.497 e. The van der Waals surface area contributed by atoms with Crippen LogP contribution in [0.2, 0.25) is 0 Å². The Balaban J connectivity index is 2.09. The Kier molecular flexibility index (Phi) is 5.66. The van der Waals surface area contributed by atoms with Gasteiger partial charge in [-0.3, -0.25) is 4.79 Å². The number of hydrogen-bond acceptors (Lipinski definition) is 2. The lowest BCUT2D eigenvalue weighted by molar-refractivity contribution is -0.120. The standard InChI is InChI=1S/C18H27NO2/c1-4-6-13-11-14-7-8-15(21-3)12-17(14)16(13)9-10-19-18(20)5-2/h7-8,12-13,16H,4-6,9-11H2,1-3H3,(H,19,20). The molecule has 0 radical (unpaired) electrons. The number of amides is 1. The summed E-state index contributed by atoms with van der Waals surface area (Å²) < 4.78 is 5.37. The molecule has 3 nitrogen and oxygen atoms in total. The molecule has 0 aromatic heterocycles. The van der Waals surface area contributed by atoms with Gasteiger partial charge in [-0.2, -0.15) is 0 Å². The smallest absolute Gasteiger partial charge is 0.219 e. The van der Waals surface area contributed by atoms with E-state index < -0.39 is 0 Å². The minimum absolute atomic E-state index is 0.144. The molecule has 1 amide bonds. The molecular formula is C18H27NO2. The van der Waals surface area contributed by atoms with Gasteiger partial charge in [0.15, 0.2) is 0 Å². The Hall–Kier alpha value is -1.51. The fourth-order valence-corrected chi connectivity index (χ4v) is 3.47. The maximum Gasteiger partial charge on any atom is 0.219 e. The van der Waals surface area contributed by atoms with E-state index in [1.54, 1.807) is 7.11 Å². The van der Waals surface area contributed by atoms with Crippen molar-refractivity contribution in [2.45, 2.75) is 51.9 Å². The number of fused-ring (bicyclic) bond motifs is 1. The Morgan fingerprint density at radius 3 is 2.81 bits per heavy atom. The van der Waals surface area contributed by atoms with Crippen molar-refractivity contribution in [2.24, 2.45) is 5.92 Å². The topological polar surface area (TPSA) is 38.3 Å². The van der Waals surface area contributed by atoms with Gasteiger partial charge in [0.1, 0.15) is 5.75 Å². The van der Waals surface area contributed by atoms with Gasteiger partial charge in [0.25, 0.3) is 0 Å². The highest BCUT2D eigenvalue weighted by Crippen LogP contribution is 2.43. The minimum atomic E-state index is 0.144. The molecule has 0 saturated heterocycles. The van der Waals surface area contributed by atoms with Crippen LogP contribution in [0.15, 0.2) is 18.2 Å². The number of benzene rings is 1. The SMILES string of the molecule is CCCC1Cc2ccc(OC)cc2C1CCNC(=O)CC. The predicted octanol–water partition coefficient (Wildman–Crippen LogP) is 3.67. The number of ether oxygens (including phenoxy) is 1. The fourth-order valence-electron chi connectivity index (χ4n) is 3.47. The maximum absolute atomic E-state index is 11.4. The predicted molar refractivity (Wildman–Crippen MR) is 85.8 cm³/mol. The zero-order valence-electron chi connectivity index (χ0n) is 13.4. The van der Waals surface area contributed by atoms with Crippen molar-refractivity contribution in [3.63, 3.8) is 0 Å². The van der Waals surface area contributed by atoms with Gasteiger partial charge in [0, 0.05) is 13.0 Å². The second kappa shape index (κ2) is 7.48. The van der Waals surface area contributed by atoms with Gasteiger partial charge in [-0.1, -0.05) is 26.3 Å². The monoisotopic (exact) mass is 289 g/mol. The molecule has 0 saturated carbocycles. The highest BCUT2D eigenvalue weighted by molar-refractivity contribution is 5.75. The van der Waals surface area contributed by atoms with Gasteiger partial charge in [-0.05, 0) is 54.4 Å². The van der Waals surface area contributed by atoms with Crippen LogP contribution < -0.4 is 10.1 Å². The summed E-state index contributed by atoms with van der Waals surface area (Å²) in [5, 5.41) is 3.01. The number of methoxy groups -OCH3 is 1. The number of carbonyl (C=O) groups is 1. The average Bonchev–Trinajstić information content (AvgIpc) is 2.84. The van der Waals surface area contributed by atoms with Crippen molar-refractivity contribution in [3.8, 4) is 5.75 Å². The van der Waals surface area contributed by atoms with E-state index in [-0.39, 0.29) is 5.91 Å². The van der Waals surface area contributed by atoms with Gasteiger partial charge < -0.3 is 10.1 Å². The van der Waals surface area contributed by atoms with E-state index in [0.29, 0.717) is 18.3 Å². The Morgan fingerprint density at radius 2 is 2.14 bits per heavy atom. The van der Waals surface area contributed by atoms with Crippen molar-refractivity contribution in [1.82, 2.24) is 5.32 Å². The second-order valence-electron chi connectivity index (χ2n) is 5.92. The first-order chi connectivity index (χ1) is 10.2. The normalized spacial score (nSPS) is 20.1. The number of nitrogens with one attached hydrogen (secondary N) is 1. The molecule has 3 heteroatoms. The van der Waals surface area contributed by atoms with Crippen LogP contribution in [0.5, 0.6) is 5.75 Å². The van der Waals surface area contributed by atoms with Crippen molar-refractivity contribution in [2.75, 3.05) is 13.7 Å². The first-order valence-electron chi connectivity index (χ1n) is 8.13. The van der Waals surface area contributed by atoms with Gasteiger partial charge in [-0.15, -0.1) is 0 Å². The molecule has 0 fully saturated rings. The van der Waals surface area contributed by atoms with Gasteiger partial charge in [0.05, 0.1) is 7.11 Å². The average molecular weight is 289 g/mol. The summed E-state index contributed by atoms with van der Waals surface area (Å²) in [5.74, 6) is 2.34. The van der Waals surface area contributed by atoms with Gasteiger partial charge in [-0.25, -0.2) is 0 Å². The van der Waals surface area contributed by atoms with E-state index >= 15 is 0 Å². The third-order valence-corrected chi connectivity index (χ3v) is 4.56. The quantitative estimate of drug-likeness (QED) is 0.831. The molecule has 21 heavy (non-hydrogen) atoms. The number of rotatable bonds is 7. The summed E-state index contributed by atoms with van der Waals surface area (Å²) in [6.45, 7) is 4.92. The molecule has 0 bridgehead atoms. The lowest BCUT2D eigenvalue weighted by atomic mass is 9.86. The van der Waals surface area contributed by atoms with Gasteiger partial charge in [0.2, 0.25) is 5.91 Å². The first-order valence-corrected chi connectivity index (χ1v) is 8.13. The first kappa shape index (κ1) is 15.9. The Labute approximate surface area is 128 Å². The maximum atomic E-state index is 11.4. The van der Waals surface area contributed by atoms with Crippen molar-refractivity contribution in [3.05, 3.63) is 29.3 Å². The zero-order valence-corrected chi connectivity index (χ0v) is 13.4. The lowest BCUT2D eigenvalue weighted by Crippen LogP contribution is -2.25. The fraction of sp³-hybridized carbons (Fsp3) is 0.611. The van der Waals surface area contributed by atoms with Crippen LogP contribution in [-0.2, 0) is 11.2 Å². The zero-order chi connectivity index (χ0) is 15.2. The lowest BCUT2D eigenvalue weighted by Gasteiger charge is -2.20. The Morgan fingerprint density at radius 1 is 1.33 bits per heavy atom. The molecule has 0 aliphatic heterocycles. The summed E-state index contributed by atoms with van der Waals surface area (Å²) >= 11 is 0. The number of carbonyl (C=O) groups excluding carboxylic acids is 1. The second-order valence-corrected chi connectivity index (χ2v) is 5.92. The van der Waals surface area contributed by atoms with Crippen LogP contribution in [-0.4, -0.2) is 19.6 Å². The summed E-state index contributed by atoms with van der Waals surface area (Å²) in [6.07, 6.45) is 5.22. The van der Waals surface area contributed by atoms with E-state index in [1.165, 1.54) is 30.4 Å².